The first-order valence-corrected chi connectivity index (χ1v) is 12.9. The van der Waals surface area contributed by atoms with Gasteiger partial charge in [0.25, 0.3) is 0 Å². The van der Waals surface area contributed by atoms with Crippen molar-refractivity contribution in [3.05, 3.63) is 66.2 Å². The Hall–Kier alpha value is -2.70. The Morgan fingerprint density at radius 1 is 0.938 bits per heavy atom. The van der Waals surface area contributed by atoms with Gasteiger partial charge in [0.1, 0.15) is 0 Å². The fraction of sp³-hybridized carbons (Fsp3) is 0.269. The van der Waals surface area contributed by atoms with Crippen molar-refractivity contribution < 1.29 is 9.59 Å². The number of aromatic nitrogens is 1. The molecule has 0 N–H and O–H groups in total. The van der Waals surface area contributed by atoms with Crippen LogP contribution in [-0.2, 0) is 15.3 Å². The summed E-state index contributed by atoms with van der Waals surface area (Å²) in [5.41, 5.74) is 2.90. The second-order valence-corrected chi connectivity index (χ2v) is 10.8. The van der Waals surface area contributed by atoms with Gasteiger partial charge < -0.3 is 0 Å². The number of hydrogen-bond donors (Lipinski definition) is 0. The van der Waals surface area contributed by atoms with E-state index in [9.17, 15) is 9.59 Å². The Bertz CT molecular complexity index is 1330. The number of thioether (sulfide) groups is 1. The summed E-state index contributed by atoms with van der Waals surface area (Å²) < 4.78 is 2.01. The summed E-state index contributed by atoms with van der Waals surface area (Å²) in [7, 11) is 0. The van der Waals surface area contributed by atoms with E-state index in [0.717, 1.165) is 46.0 Å². The van der Waals surface area contributed by atoms with Gasteiger partial charge in [-0.1, -0.05) is 67.1 Å². The molecule has 0 bridgehead atoms. The third-order valence-electron chi connectivity index (χ3n) is 6.68. The Balaban J connectivity index is 1.26. The predicted molar refractivity (Wildman–Crippen MR) is 131 cm³/mol. The number of thiazole rings is 1. The fourth-order valence-electron chi connectivity index (χ4n) is 5.07. The molecule has 1 saturated heterocycles. The average molecular weight is 459 g/mol. The monoisotopic (exact) mass is 458 g/mol. The normalized spacial score (nSPS) is 20.9. The molecule has 0 radical (unpaired) electrons. The lowest BCUT2D eigenvalue weighted by Crippen LogP contribution is -2.30. The van der Waals surface area contributed by atoms with Gasteiger partial charge in [-0.05, 0) is 47.4 Å². The summed E-state index contributed by atoms with van der Waals surface area (Å²) in [5, 5.41) is 2.53. The number of rotatable bonds is 4. The van der Waals surface area contributed by atoms with E-state index in [0.29, 0.717) is 5.69 Å². The van der Waals surface area contributed by atoms with E-state index in [4.69, 9.17) is 4.98 Å². The molecule has 160 valence electrons. The standard InChI is InChI=1S/C26H22N2O2S2/c29-24-20-10-3-4-11-21(20)25(30)28(24)18-12-13-22-23(14-18)32-26(27-22)31-15-17-8-5-7-16-6-1-2-9-19(16)17/h1-2,5-9,12-14,20-21H,3-4,10-11,15H2/t20-,21-/m0/s1. The van der Waals surface area contributed by atoms with Gasteiger partial charge in [-0.3, -0.25) is 14.5 Å². The minimum absolute atomic E-state index is 0.0193. The van der Waals surface area contributed by atoms with Crippen LogP contribution in [0.1, 0.15) is 31.2 Å². The molecule has 6 heteroatoms. The van der Waals surface area contributed by atoms with E-state index >= 15 is 0 Å². The highest BCUT2D eigenvalue weighted by atomic mass is 32.2. The molecule has 2 aliphatic rings. The Labute approximate surface area is 194 Å². The number of benzene rings is 3. The molecule has 1 saturated carbocycles. The third kappa shape index (κ3) is 3.33. The molecule has 4 nitrogen and oxygen atoms in total. The second kappa shape index (κ2) is 8.01. The number of amides is 2. The van der Waals surface area contributed by atoms with Crippen LogP contribution in [0.2, 0.25) is 0 Å². The van der Waals surface area contributed by atoms with Crippen molar-refractivity contribution in [3.8, 4) is 0 Å². The highest BCUT2D eigenvalue weighted by Crippen LogP contribution is 2.41. The van der Waals surface area contributed by atoms with Crippen LogP contribution in [0.15, 0.2) is 65.0 Å². The first-order valence-electron chi connectivity index (χ1n) is 11.1. The number of anilines is 1. The van der Waals surface area contributed by atoms with Gasteiger partial charge in [-0.15, -0.1) is 11.3 Å². The molecule has 1 aliphatic carbocycles. The maximum absolute atomic E-state index is 12.9. The summed E-state index contributed by atoms with van der Waals surface area (Å²) in [5.74, 6) is 0.559. The predicted octanol–water partition coefficient (Wildman–Crippen LogP) is 6.42. The maximum atomic E-state index is 12.9. The molecular weight excluding hydrogens is 436 g/mol. The van der Waals surface area contributed by atoms with Gasteiger partial charge in [-0.25, -0.2) is 4.98 Å². The lowest BCUT2D eigenvalue weighted by Gasteiger charge is -2.19. The van der Waals surface area contributed by atoms with Gasteiger partial charge in [0.2, 0.25) is 11.8 Å². The van der Waals surface area contributed by atoms with Crippen molar-refractivity contribution in [1.29, 1.82) is 0 Å². The van der Waals surface area contributed by atoms with Crippen molar-refractivity contribution in [1.82, 2.24) is 4.98 Å². The van der Waals surface area contributed by atoms with Crippen LogP contribution in [-0.4, -0.2) is 16.8 Å². The van der Waals surface area contributed by atoms with E-state index in [-0.39, 0.29) is 23.7 Å². The summed E-state index contributed by atoms with van der Waals surface area (Å²) >= 11 is 3.35. The fourth-order valence-corrected chi connectivity index (χ4v) is 7.17. The number of carbonyl (C=O) groups is 2. The van der Waals surface area contributed by atoms with Crippen LogP contribution in [0.25, 0.3) is 21.0 Å². The summed E-state index contributed by atoms with van der Waals surface area (Å²) in [4.78, 5) is 32.1. The second-order valence-electron chi connectivity index (χ2n) is 8.57. The van der Waals surface area contributed by atoms with E-state index < -0.39 is 0 Å². The van der Waals surface area contributed by atoms with Gasteiger partial charge in [0.15, 0.2) is 4.34 Å². The molecule has 2 atom stereocenters. The summed E-state index contributed by atoms with van der Waals surface area (Å²) in [6.45, 7) is 0. The van der Waals surface area contributed by atoms with Crippen LogP contribution in [0.5, 0.6) is 0 Å². The third-order valence-corrected chi connectivity index (χ3v) is 8.89. The molecule has 1 aliphatic heterocycles. The van der Waals surface area contributed by atoms with Crippen LogP contribution >= 0.6 is 23.1 Å². The van der Waals surface area contributed by atoms with Crippen molar-refractivity contribution in [2.75, 3.05) is 4.90 Å². The summed E-state index contributed by atoms with van der Waals surface area (Å²) in [6.07, 6.45) is 3.76. The first-order chi connectivity index (χ1) is 15.7. The van der Waals surface area contributed by atoms with Gasteiger partial charge in [0.05, 0.1) is 27.7 Å². The number of fused-ring (bicyclic) bond motifs is 3. The van der Waals surface area contributed by atoms with Crippen LogP contribution in [0.3, 0.4) is 0 Å². The molecule has 2 heterocycles. The summed E-state index contributed by atoms with van der Waals surface area (Å²) in [6, 6.07) is 20.6. The Morgan fingerprint density at radius 2 is 1.69 bits per heavy atom. The number of imide groups is 1. The van der Waals surface area contributed by atoms with E-state index in [1.165, 1.54) is 21.2 Å². The molecule has 1 aromatic heterocycles. The van der Waals surface area contributed by atoms with E-state index in [1.807, 2.05) is 18.2 Å². The van der Waals surface area contributed by atoms with E-state index in [1.54, 1.807) is 23.1 Å². The van der Waals surface area contributed by atoms with Crippen molar-refractivity contribution >= 4 is 61.6 Å². The lowest BCUT2D eigenvalue weighted by molar-refractivity contribution is -0.122. The molecule has 2 fully saturated rings. The Kier molecular flexibility index (Phi) is 5.00. The molecule has 3 aromatic carbocycles. The average Bonchev–Trinajstić information content (AvgIpc) is 3.35. The zero-order valence-electron chi connectivity index (χ0n) is 17.5. The SMILES string of the molecule is O=C1[C@H]2CCCC[C@@H]2C(=O)N1c1ccc2nc(SCc3cccc4ccccc34)sc2c1. The largest absolute Gasteiger partial charge is 0.274 e. The zero-order chi connectivity index (χ0) is 21.7. The quantitative estimate of drug-likeness (QED) is 0.261. The topological polar surface area (TPSA) is 50.3 Å². The van der Waals surface area contributed by atoms with Crippen molar-refractivity contribution in [2.45, 2.75) is 35.8 Å². The first kappa shape index (κ1) is 19.9. The molecule has 4 aromatic rings. The van der Waals surface area contributed by atoms with Gasteiger partial charge >= 0.3 is 0 Å². The molecule has 0 unspecified atom stereocenters. The number of nitrogens with zero attached hydrogens (tertiary/aromatic N) is 2. The minimum Gasteiger partial charge on any atom is -0.274 e. The number of hydrogen-bond acceptors (Lipinski definition) is 5. The lowest BCUT2D eigenvalue weighted by atomic mass is 9.81. The van der Waals surface area contributed by atoms with Crippen molar-refractivity contribution in [2.24, 2.45) is 11.8 Å². The molecule has 0 spiro atoms. The van der Waals surface area contributed by atoms with Crippen LogP contribution in [0.4, 0.5) is 5.69 Å². The Morgan fingerprint density at radius 3 is 2.50 bits per heavy atom. The number of carbonyl (C=O) groups excluding carboxylic acids is 2. The maximum Gasteiger partial charge on any atom is 0.237 e. The molecule has 2 amide bonds. The molecule has 6 rings (SSSR count). The van der Waals surface area contributed by atoms with Crippen LogP contribution < -0.4 is 4.90 Å². The van der Waals surface area contributed by atoms with Crippen LogP contribution in [0, 0.1) is 11.8 Å². The van der Waals surface area contributed by atoms with E-state index in [2.05, 4.69) is 42.5 Å². The highest BCUT2D eigenvalue weighted by molar-refractivity contribution is 8.00. The van der Waals surface area contributed by atoms with Gasteiger partial charge in [-0.2, -0.15) is 0 Å². The molecular formula is C26H22N2O2S2. The smallest absolute Gasteiger partial charge is 0.237 e. The molecule has 32 heavy (non-hydrogen) atoms. The highest BCUT2D eigenvalue weighted by Gasteiger charge is 2.48. The minimum atomic E-state index is -0.125. The van der Waals surface area contributed by atoms with Gasteiger partial charge in [0, 0.05) is 5.75 Å². The zero-order valence-corrected chi connectivity index (χ0v) is 19.1. The van der Waals surface area contributed by atoms with Crippen molar-refractivity contribution in [3.63, 3.8) is 0 Å².